The summed E-state index contributed by atoms with van der Waals surface area (Å²) in [5.74, 6) is 0.0651. The van der Waals surface area contributed by atoms with Crippen LogP contribution in [0.25, 0.3) is 0 Å². The minimum atomic E-state index is -0.678. The molecule has 0 amide bonds. The summed E-state index contributed by atoms with van der Waals surface area (Å²) in [5.41, 5.74) is 5.05. The van der Waals surface area contributed by atoms with Crippen molar-refractivity contribution in [1.82, 2.24) is 9.80 Å². The lowest BCUT2D eigenvalue weighted by atomic mass is 9.73. The van der Waals surface area contributed by atoms with Crippen molar-refractivity contribution in [2.24, 2.45) is 0 Å². The van der Waals surface area contributed by atoms with E-state index in [1.54, 1.807) is 0 Å². The zero-order valence-corrected chi connectivity index (χ0v) is 19.6. The van der Waals surface area contributed by atoms with Crippen molar-refractivity contribution >= 4 is 5.97 Å². The Labute approximate surface area is 196 Å². The maximum absolute atomic E-state index is 11.9. The van der Waals surface area contributed by atoms with Crippen LogP contribution in [0, 0.1) is 0 Å². The first-order valence-corrected chi connectivity index (χ1v) is 12.5. The molecule has 2 aromatic carbocycles. The molecule has 0 bridgehead atoms. The van der Waals surface area contributed by atoms with Crippen LogP contribution >= 0.6 is 0 Å². The highest BCUT2D eigenvalue weighted by molar-refractivity contribution is 5.78. The fourth-order valence-electron chi connectivity index (χ4n) is 6.85. The Kier molecular flexibility index (Phi) is 5.04. The van der Waals surface area contributed by atoms with Crippen LogP contribution in [-0.2, 0) is 23.2 Å². The first-order chi connectivity index (χ1) is 16.0. The summed E-state index contributed by atoms with van der Waals surface area (Å²) in [5, 5.41) is 9.78. The standard InChI is InChI=1S/C28H34N2O3/c1-29-12-10-28(11-13-29)17-21-7-6-20(16-25(21)33-28)19-30-14-8-27(9-15-30)18-23(26(31)32)22-4-2-3-5-24(22)27/h2-7,16,23H,8-15,17-19H2,1H3,(H,31,32). The van der Waals surface area contributed by atoms with Gasteiger partial charge in [-0.15, -0.1) is 0 Å². The molecule has 2 spiro atoms. The minimum absolute atomic E-state index is 0.0154. The molecule has 5 heteroatoms. The van der Waals surface area contributed by atoms with Gasteiger partial charge >= 0.3 is 5.97 Å². The predicted octanol–water partition coefficient (Wildman–Crippen LogP) is 4.19. The molecule has 1 unspecified atom stereocenters. The number of benzene rings is 2. The number of nitrogens with zero attached hydrogens (tertiary/aromatic N) is 2. The van der Waals surface area contributed by atoms with E-state index in [-0.39, 0.29) is 16.9 Å². The van der Waals surface area contributed by atoms with Crippen LogP contribution in [0.3, 0.4) is 0 Å². The molecule has 0 saturated carbocycles. The molecule has 1 aliphatic carbocycles. The van der Waals surface area contributed by atoms with Crippen molar-refractivity contribution in [3.05, 3.63) is 64.7 Å². The van der Waals surface area contributed by atoms with E-state index < -0.39 is 5.97 Å². The van der Waals surface area contributed by atoms with Crippen molar-refractivity contribution in [2.45, 2.75) is 62.0 Å². The zero-order valence-electron chi connectivity index (χ0n) is 19.6. The van der Waals surface area contributed by atoms with Crippen LogP contribution in [0.5, 0.6) is 5.75 Å². The summed E-state index contributed by atoms with van der Waals surface area (Å²) < 4.78 is 6.56. The Balaban J connectivity index is 1.12. The number of carboxylic acids is 1. The number of aliphatic carboxylic acids is 1. The van der Waals surface area contributed by atoms with Gasteiger partial charge in [0.05, 0.1) is 5.92 Å². The Morgan fingerprint density at radius 2 is 1.82 bits per heavy atom. The molecule has 4 aliphatic rings. The average Bonchev–Trinajstić information content (AvgIpc) is 3.34. The first-order valence-electron chi connectivity index (χ1n) is 12.5. The molecule has 2 fully saturated rings. The summed E-state index contributed by atoms with van der Waals surface area (Å²) in [4.78, 5) is 16.8. The lowest BCUT2D eigenvalue weighted by Gasteiger charge is -2.40. The summed E-state index contributed by atoms with van der Waals surface area (Å²) in [7, 11) is 2.20. The largest absolute Gasteiger partial charge is 0.487 e. The van der Waals surface area contributed by atoms with Gasteiger partial charge in [-0.3, -0.25) is 9.69 Å². The van der Waals surface area contributed by atoms with Gasteiger partial charge in [-0.05, 0) is 73.1 Å². The second kappa shape index (κ2) is 7.85. The molecular formula is C28H34N2O3. The maximum Gasteiger partial charge on any atom is 0.311 e. The third-order valence-corrected chi connectivity index (χ3v) is 8.89. The second-order valence-electron chi connectivity index (χ2n) is 10.9. The summed E-state index contributed by atoms with van der Waals surface area (Å²) in [6, 6.07) is 15.1. The van der Waals surface area contributed by atoms with Crippen molar-refractivity contribution in [3.63, 3.8) is 0 Å². The van der Waals surface area contributed by atoms with Crippen LogP contribution in [-0.4, -0.2) is 59.7 Å². The van der Waals surface area contributed by atoms with E-state index in [2.05, 4.69) is 47.2 Å². The van der Waals surface area contributed by atoms with E-state index in [0.717, 1.165) is 82.6 Å². The van der Waals surface area contributed by atoms with Crippen LogP contribution < -0.4 is 4.74 Å². The van der Waals surface area contributed by atoms with Crippen LogP contribution in [0.2, 0.25) is 0 Å². The predicted molar refractivity (Wildman–Crippen MR) is 128 cm³/mol. The Morgan fingerprint density at radius 3 is 2.58 bits per heavy atom. The Morgan fingerprint density at radius 1 is 1.06 bits per heavy atom. The molecule has 5 nitrogen and oxygen atoms in total. The van der Waals surface area contributed by atoms with Crippen molar-refractivity contribution in [2.75, 3.05) is 33.2 Å². The molecule has 1 N–H and O–H groups in total. The van der Waals surface area contributed by atoms with Gasteiger partial charge in [0, 0.05) is 38.9 Å². The fraction of sp³-hybridized carbons (Fsp3) is 0.536. The van der Waals surface area contributed by atoms with Gasteiger partial charge in [0.1, 0.15) is 11.4 Å². The van der Waals surface area contributed by atoms with Gasteiger partial charge in [-0.2, -0.15) is 0 Å². The highest BCUT2D eigenvalue weighted by Gasteiger charge is 2.47. The van der Waals surface area contributed by atoms with Gasteiger partial charge in [0.15, 0.2) is 0 Å². The van der Waals surface area contributed by atoms with E-state index in [1.165, 1.54) is 16.7 Å². The third kappa shape index (κ3) is 3.66. The Hall–Kier alpha value is -2.37. The number of hydrogen-bond donors (Lipinski definition) is 1. The van der Waals surface area contributed by atoms with E-state index in [0.29, 0.717) is 0 Å². The van der Waals surface area contributed by atoms with E-state index >= 15 is 0 Å². The van der Waals surface area contributed by atoms with Gasteiger partial charge < -0.3 is 14.7 Å². The van der Waals surface area contributed by atoms with E-state index in [9.17, 15) is 9.90 Å². The normalized spacial score (nSPS) is 25.7. The topological polar surface area (TPSA) is 53.0 Å². The van der Waals surface area contributed by atoms with Gasteiger partial charge in [-0.25, -0.2) is 0 Å². The molecule has 0 aromatic heterocycles. The number of piperidine rings is 2. The molecule has 3 heterocycles. The minimum Gasteiger partial charge on any atom is -0.487 e. The molecular weight excluding hydrogens is 412 g/mol. The lowest BCUT2D eigenvalue weighted by molar-refractivity contribution is -0.139. The fourth-order valence-corrected chi connectivity index (χ4v) is 6.85. The van der Waals surface area contributed by atoms with E-state index in [4.69, 9.17) is 4.74 Å². The molecule has 174 valence electrons. The number of likely N-dealkylation sites (tertiary alicyclic amines) is 2. The third-order valence-electron chi connectivity index (χ3n) is 8.89. The number of rotatable bonds is 3. The van der Waals surface area contributed by atoms with Crippen LogP contribution in [0.15, 0.2) is 42.5 Å². The highest BCUT2D eigenvalue weighted by Crippen LogP contribution is 2.52. The van der Waals surface area contributed by atoms with E-state index in [1.807, 2.05) is 12.1 Å². The van der Waals surface area contributed by atoms with Crippen molar-refractivity contribution in [3.8, 4) is 5.75 Å². The molecule has 3 aliphatic heterocycles. The Bertz CT molecular complexity index is 1060. The summed E-state index contributed by atoms with van der Waals surface area (Å²) >= 11 is 0. The first kappa shape index (κ1) is 21.2. The molecule has 0 radical (unpaired) electrons. The second-order valence-corrected chi connectivity index (χ2v) is 10.9. The molecule has 2 saturated heterocycles. The maximum atomic E-state index is 11.9. The number of ether oxygens (including phenoxy) is 1. The summed E-state index contributed by atoms with van der Waals surface area (Å²) in [6.45, 7) is 5.18. The van der Waals surface area contributed by atoms with Crippen LogP contribution in [0.1, 0.15) is 60.3 Å². The van der Waals surface area contributed by atoms with Crippen LogP contribution in [0.4, 0.5) is 0 Å². The molecule has 1 atom stereocenters. The molecule has 2 aromatic rings. The van der Waals surface area contributed by atoms with Gasteiger partial charge in [-0.1, -0.05) is 36.4 Å². The SMILES string of the molecule is CN1CCC2(CC1)Cc1ccc(CN3CCC4(CC3)CC(C(=O)O)c3ccccc34)cc1O2. The number of hydrogen-bond acceptors (Lipinski definition) is 4. The quantitative estimate of drug-likeness (QED) is 0.766. The smallest absolute Gasteiger partial charge is 0.311 e. The molecule has 33 heavy (non-hydrogen) atoms. The number of carbonyl (C=O) groups is 1. The monoisotopic (exact) mass is 446 g/mol. The number of carboxylic acid groups (broad SMARTS) is 1. The average molecular weight is 447 g/mol. The van der Waals surface area contributed by atoms with Gasteiger partial charge in [0.25, 0.3) is 0 Å². The van der Waals surface area contributed by atoms with Gasteiger partial charge in [0.2, 0.25) is 0 Å². The highest BCUT2D eigenvalue weighted by atomic mass is 16.5. The lowest BCUT2D eigenvalue weighted by Crippen LogP contribution is -2.45. The zero-order chi connectivity index (χ0) is 22.6. The number of fused-ring (bicyclic) bond motifs is 3. The van der Waals surface area contributed by atoms with Crippen molar-refractivity contribution < 1.29 is 14.6 Å². The van der Waals surface area contributed by atoms with Crippen molar-refractivity contribution in [1.29, 1.82) is 0 Å². The summed E-state index contributed by atoms with van der Waals surface area (Å²) in [6.07, 6.45) is 6.09. The molecule has 6 rings (SSSR count).